The third-order valence-corrected chi connectivity index (χ3v) is 3.31. The lowest BCUT2D eigenvalue weighted by Gasteiger charge is -2.24. The van der Waals surface area contributed by atoms with E-state index in [-0.39, 0.29) is 18.0 Å². The summed E-state index contributed by atoms with van der Waals surface area (Å²) in [6.45, 7) is 2.96. The highest BCUT2D eigenvalue weighted by molar-refractivity contribution is 5.78. The van der Waals surface area contributed by atoms with Crippen molar-refractivity contribution in [3.8, 4) is 0 Å². The van der Waals surface area contributed by atoms with E-state index in [1.807, 2.05) is 0 Å². The van der Waals surface area contributed by atoms with Crippen LogP contribution in [0.5, 0.6) is 0 Å². The van der Waals surface area contributed by atoms with Crippen molar-refractivity contribution >= 4 is 5.91 Å². The molecule has 0 aromatic heterocycles. The largest absolute Gasteiger partial charge is 0.385 e. The zero-order valence-electron chi connectivity index (χ0n) is 12.7. The van der Waals surface area contributed by atoms with Crippen molar-refractivity contribution in [2.75, 3.05) is 33.9 Å². The molecule has 1 unspecified atom stereocenters. The predicted octanol–water partition coefficient (Wildman–Crippen LogP) is 2.11. The van der Waals surface area contributed by atoms with Crippen molar-refractivity contribution in [3.05, 3.63) is 35.4 Å². The Morgan fingerprint density at radius 1 is 1.43 bits per heavy atom. The molecule has 1 amide bonds. The van der Waals surface area contributed by atoms with Crippen LogP contribution in [0.3, 0.4) is 0 Å². The van der Waals surface area contributed by atoms with Crippen molar-refractivity contribution in [2.45, 2.75) is 19.4 Å². The van der Waals surface area contributed by atoms with Gasteiger partial charge in [-0.3, -0.25) is 9.69 Å². The number of nitrogens with zero attached hydrogens (tertiary/aromatic N) is 1. The summed E-state index contributed by atoms with van der Waals surface area (Å²) in [4.78, 5) is 13.4. The summed E-state index contributed by atoms with van der Waals surface area (Å²) < 4.78 is 31.8. The van der Waals surface area contributed by atoms with Crippen LogP contribution < -0.4 is 5.32 Å². The fourth-order valence-electron chi connectivity index (χ4n) is 1.94. The standard InChI is InChI=1S/C15H22F2N2O2/c1-11(13-9-12(16)5-6-14(13)17)19(2)10-15(20)18-7-4-8-21-3/h5-6,9,11H,4,7-8,10H2,1-3H3,(H,18,20). The van der Waals surface area contributed by atoms with Gasteiger partial charge in [-0.05, 0) is 38.6 Å². The number of likely N-dealkylation sites (N-methyl/N-ethyl adjacent to an activating group) is 1. The molecule has 0 aliphatic heterocycles. The van der Waals surface area contributed by atoms with Gasteiger partial charge in [0.15, 0.2) is 0 Å². The minimum Gasteiger partial charge on any atom is -0.385 e. The Morgan fingerprint density at radius 2 is 2.14 bits per heavy atom. The molecular formula is C15H22F2N2O2. The second-order valence-electron chi connectivity index (χ2n) is 4.95. The van der Waals surface area contributed by atoms with Gasteiger partial charge in [-0.25, -0.2) is 8.78 Å². The molecule has 118 valence electrons. The first-order chi connectivity index (χ1) is 9.95. The summed E-state index contributed by atoms with van der Waals surface area (Å²) in [7, 11) is 3.30. The topological polar surface area (TPSA) is 41.6 Å². The fraction of sp³-hybridized carbons (Fsp3) is 0.533. The number of hydrogen-bond donors (Lipinski definition) is 1. The average Bonchev–Trinajstić information content (AvgIpc) is 2.45. The Kier molecular flexibility index (Phi) is 7.25. The van der Waals surface area contributed by atoms with Gasteiger partial charge in [0.2, 0.25) is 5.91 Å². The molecule has 0 heterocycles. The lowest BCUT2D eigenvalue weighted by atomic mass is 10.1. The van der Waals surface area contributed by atoms with Crippen LogP contribution in [-0.4, -0.2) is 44.7 Å². The van der Waals surface area contributed by atoms with Gasteiger partial charge in [-0.15, -0.1) is 0 Å². The Labute approximate surface area is 124 Å². The molecule has 0 aliphatic rings. The van der Waals surface area contributed by atoms with Crippen LogP contribution >= 0.6 is 0 Å². The van der Waals surface area contributed by atoms with E-state index in [4.69, 9.17) is 4.74 Å². The van der Waals surface area contributed by atoms with Crippen LogP contribution in [0.25, 0.3) is 0 Å². The van der Waals surface area contributed by atoms with Crippen LogP contribution in [0.2, 0.25) is 0 Å². The van der Waals surface area contributed by atoms with E-state index < -0.39 is 17.7 Å². The molecule has 0 radical (unpaired) electrons. The molecular weight excluding hydrogens is 278 g/mol. The molecule has 0 fully saturated rings. The Bertz CT molecular complexity index is 469. The molecule has 6 heteroatoms. The lowest BCUT2D eigenvalue weighted by molar-refractivity contribution is -0.122. The number of methoxy groups -OCH3 is 1. The van der Waals surface area contributed by atoms with E-state index in [2.05, 4.69) is 5.32 Å². The van der Waals surface area contributed by atoms with Gasteiger partial charge in [0, 0.05) is 31.9 Å². The molecule has 0 saturated carbocycles. The SMILES string of the molecule is COCCCNC(=O)CN(C)C(C)c1cc(F)ccc1F. The smallest absolute Gasteiger partial charge is 0.234 e. The van der Waals surface area contributed by atoms with Crippen molar-refractivity contribution < 1.29 is 18.3 Å². The molecule has 21 heavy (non-hydrogen) atoms. The maximum Gasteiger partial charge on any atom is 0.234 e. The molecule has 0 aliphatic carbocycles. The quantitative estimate of drug-likeness (QED) is 0.748. The first-order valence-electron chi connectivity index (χ1n) is 6.86. The minimum absolute atomic E-state index is 0.115. The molecule has 1 aromatic carbocycles. The van der Waals surface area contributed by atoms with Gasteiger partial charge < -0.3 is 10.1 Å². The Balaban J connectivity index is 2.52. The third-order valence-electron chi connectivity index (χ3n) is 3.31. The van der Waals surface area contributed by atoms with Crippen molar-refractivity contribution in [2.24, 2.45) is 0 Å². The molecule has 0 spiro atoms. The molecule has 1 atom stereocenters. The van der Waals surface area contributed by atoms with E-state index in [1.165, 1.54) is 0 Å². The van der Waals surface area contributed by atoms with Gasteiger partial charge in [0.1, 0.15) is 11.6 Å². The van der Waals surface area contributed by atoms with Crippen LogP contribution in [0.15, 0.2) is 18.2 Å². The first-order valence-corrected chi connectivity index (χ1v) is 6.86. The van der Waals surface area contributed by atoms with Crippen LogP contribution in [0.1, 0.15) is 24.9 Å². The highest BCUT2D eigenvalue weighted by Crippen LogP contribution is 2.22. The fourth-order valence-corrected chi connectivity index (χ4v) is 1.94. The van der Waals surface area contributed by atoms with Crippen LogP contribution in [0.4, 0.5) is 8.78 Å². The molecule has 1 N–H and O–H groups in total. The average molecular weight is 300 g/mol. The first kappa shape index (κ1) is 17.5. The number of rotatable bonds is 8. The third kappa shape index (κ3) is 5.77. The Morgan fingerprint density at radius 3 is 2.81 bits per heavy atom. The van der Waals surface area contributed by atoms with E-state index >= 15 is 0 Å². The summed E-state index contributed by atoms with van der Waals surface area (Å²) in [5.74, 6) is -1.12. The second kappa shape index (κ2) is 8.69. The number of nitrogens with one attached hydrogen (secondary N) is 1. The van der Waals surface area contributed by atoms with Crippen molar-refractivity contribution in [1.82, 2.24) is 10.2 Å². The maximum atomic E-state index is 13.7. The minimum atomic E-state index is -0.490. The highest BCUT2D eigenvalue weighted by Gasteiger charge is 2.18. The normalized spacial score (nSPS) is 12.5. The number of benzene rings is 1. The van der Waals surface area contributed by atoms with Crippen molar-refractivity contribution in [3.63, 3.8) is 0 Å². The van der Waals surface area contributed by atoms with Gasteiger partial charge in [0.25, 0.3) is 0 Å². The second-order valence-corrected chi connectivity index (χ2v) is 4.95. The van der Waals surface area contributed by atoms with Crippen molar-refractivity contribution in [1.29, 1.82) is 0 Å². The number of ether oxygens (including phenoxy) is 1. The zero-order chi connectivity index (χ0) is 15.8. The van der Waals surface area contributed by atoms with E-state index in [1.54, 1.807) is 26.0 Å². The number of carbonyl (C=O) groups excluding carboxylic acids is 1. The summed E-state index contributed by atoms with van der Waals surface area (Å²) in [5, 5.41) is 2.75. The van der Waals surface area contributed by atoms with E-state index in [0.717, 1.165) is 24.6 Å². The lowest BCUT2D eigenvalue weighted by Crippen LogP contribution is -2.37. The summed E-state index contributed by atoms with van der Waals surface area (Å²) in [5.41, 5.74) is 0.240. The summed E-state index contributed by atoms with van der Waals surface area (Å²) in [6.07, 6.45) is 0.736. The van der Waals surface area contributed by atoms with Gasteiger partial charge in [-0.2, -0.15) is 0 Å². The number of hydrogen-bond acceptors (Lipinski definition) is 3. The van der Waals surface area contributed by atoms with E-state index in [0.29, 0.717) is 13.2 Å². The molecule has 0 bridgehead atoms. The number of halogens is 2. The van der Waals surface area contributed by atoms with Gasteiger partial charge in [0.05, 0.1) is 6.54 Å². The van der Waals surface area contributed by atoms with Crippen LogP contribution in [0, 0.1) is 11.6 Å². The predicted molar refractivity (Wildman–Crippen MR) is 76.9 cm³/mol. The van der Waals surface area contributed by atoms with Gasteiger partial charge >= 0.3 is 0 Å². The van der Waals surface area contributed by atoms with Gasteiger partial charge in [-0.1, -0.05) is 0 Å². The number of amides is 1. The summed E-state index contributed by atoms with van der Waals surface area (Å²) >= 11 is 0. The van der Waals surface area contributed by atoms with E-state index in [9.17, 15) is 13.6 Å². The zero-order valence-corrected chi connectivity index (χ0v) is 12.7. The molecule has 1 rings (SSSR count). The Hall–Kier alpha value is -1.53. The van der Waals surface area contributed by atoms with Crippen LogP contribution in [-0.2, 0) is 9.53 Å². The monoisotopic (exact) mass is 300 g/mol. The number of carbonyl (C=O) groups is 1. The molecule has 4 nitrogen and oxygen atoms in total. The molecule has 1 aromatic rings. The highest BCUT2D eigenvalue weighted by atomic mass is 19.1. The summed E-state index contributed by atoms with van der Waals surface area (Å²) in [6, 6.07) is 2.94. The maximum absolute atomic E-state index is 13.7. The molecule has 0 saturated heterocycles.